The van der Waals surface area contributed by atoms with E-state index in [0.717, 1.165) is 28.1 Å². The molecule has 1 atom stereocenters. The second-order valence-corrected chi connectivity index (χ2v) is 11.3. The summed E-state index contributed by atoms with van der Waals surface area (Å²) < 4.78 is 13.7. The summed E-state index contributed by atoms with van der Waals surface area (Å²) in [7, 11) is 2.60. The van der Waals surface area contributed by atoms with E-state index in [0.29, 0.717) is 26.2 Å². The van der Waals surface area contributed by atoms with E-state index < -0.39 is 18.0 Å². The Labute approximate surface area is 256 Å². The molecule has 6 rings (SSSR count). The van der Waals surface area contributed by atoms with Gasteiger partial charge in [0.05, 0.1) is 53.0 Å². The van der Waals surface area contributed by atoms with Crippen LogP contribution < -0.4 is 14.9 Å². The number of nitrogens with zero attached hydrogens (tertiary/aromatic N) is 4. The minimum atomic E-state index is -0.809. The van der Waals surface area contributed by atoms with Crippen LogP contribution in [0.4, 0.5) is 0 Å². The summed E-state index contributed by atoms with van der Waals surface area (Å²) in [6.07, 6.45) is 3.72. The molecule has 0 N–H and O–H groups in total. The van der Waals surface area contributed by atoms with E-state index in [1.165, 1.54) is 30.1 Å². The molecule has 2 aromatic heterocycles. The summed E-state index contributed by atoms with van der Waals surface area (Å²) in [5.74, 6) is -1.07. The van der Waals surface area contributed by atoms with Crippen LogP contribution in [0.1, 0.15) is 40.0 Å². The zero-order valence-corrected chi connectivity index (χ0v) is 25.3. The number of fused-ring (bicyclic) bond motifs is 1. The summed E-state index contributed by atoms with van der Waals surface area (Å²) in [4.78, 5) is 44.3. The molecule has 220 valence electrons. The summed E-state index contributed by atoms with van der Waals surface area (Å²) in [6.45, 7) is 3.75. The van der Waals surface area contributed by atoms with Gasteiger partial charge in [-0.05, 0) is 49.8 Å². The fourth-order valence-electron chi connectivity index (χ4n) is 5.21. The monoisotopic (exact) mass is 604 g/mol. The first-order valence-electron chi connectivity index (χ1n) is 13.8. The normalized spacial score (nSPS) is 14.6. The van der Waals surface area contributed by atoms with Crippen LogP contribution in [0, 0.1) is 6.92 Å². The molecule has 44 heavy (non-hydrogen) atoms. The fraction of sp³-hybridized carbons (Fsp3) is 0.147. The number of rotatable bonds is 6. The second kappa shape index (κ2) is 11.7. The Balaban J connectivity index is 1.54. The number of hydrogen-bond donors (Lipinski definition) is 0. The molecule has 0 bridgehead atoms. The van der Waals surface area contributed by atoms with Crippen LogP contribution in [0.15, 0.2) is 106 Å². The lowest BCUT2D eigenvalue weighted by atomic mass is 9.95. The third kappa shape index (κ3) is 5.20. The van der Waals surface area contributed by atoms with Crippen molar-refractivity contribution >= 4 is 29.4 Å². The van der Waals surface area contributed by atoms with Crippen molar-refractivity contribution in [3.05, 3.63) is 138 Å². The zero-order chi connectivity index (χ0) is 31.0. The molecule has 1 aliphatic heterocycles. The molecule has 0 saturated carbocycles. The molecule has 1 unspecified atom stereocenters. The van der Waals surface area contributed by atoms with Crippen molar-refractivity contribution in [1.82, 2.24) is 14.3 Å². The maximum atomic E-state index is 14.2. The highest BCUT2D eigenvalue weighted by molar-refractivity contribution is 7.07. The number of thiazole rings is 1. The van der Waals surface area contributed by atoms with Crippen molar-refractivity contribution in [3.63, 3.8) is 0 Å². The first-order valence-corrected chi connectivity index (χ1v) is 14.6. The van der Waals surface area contributed by atoms with E-state index in [1.807, 2.05) is 73.8 Å². The van der Waals surface area contributed by atoms with E-state index in [2.05, 4.69) is 4.99 Å². The molecular formula is C34H28N4O5S. The summed E-state index contributed by atoms with van der Waals surface area (Å²) >= 11 is 1.23. The maximum Gasteiger partial charge on any atom is 0.338 e. The highest BCUT2D eigenvalue weighted by Gasteiger charge is 2.33. The Kier molecular flexibility index (Phi) is 7.67. The number of allylic oxidation sites excluding steroid dienone is 1. The number of para-hydroxylation sites is 1. The topological polar surface area (TPSA) is 105 Å². The number of ether oxygens (including phenoxy) is 2. The van der Waals surface area contributed by atoms with Gasteiger partial charge in [-0.25, -0.2) is 19.3 Å². The summed E-state index contributed by atoms with van der Waals surface area (Å²) in [5.41, 5.74) is 5.76. The number of carbonyl (C=O) groups is 2. The maximum absolute atomic E-state index is 14.2. The minimum Gasteiger partial charge on any atom is -0.466 e. The lowest BCUT2D eigenvalue weighted by Crippen LogP contribution is -2.39. The van der Waals surface area contributed by atoms with Crippen LogP contribution in [0.3, 0.4) is 0 Å². The van der Waals surface area contributed by atoms with Gasteiger partial charge >= 0.3 is 11.9 Å². The average molecular weight is 605 g/mol. The first kappa shape index (κ1) is 28.8. The number of aryl methyl sites for hydroxylation is 1. The van der Waals surface area contributed by atoms with Crippen molar-refractivity contribution < 1.29 is 19.1 Å². The third-order valence-corrected chi connectivity index (χ3v) is 8.43. The number of esters is 2. The van der Waals surface area contributed by atoms with Gasteiger partial charge in [0.15, 0.2) is 4.80 Å². The number of carbonyl (C=O) groups excluding carboxylic acids is 2. The van der Waals surface area contributed by atoms with E-state index in [9.17, 15) is 14.4 Å². The highest BCUT2D eigenvalue weighted by Crippen LogP contribution is 2.31. The summed E-state index contributed by atoms with van der Waals surface area (Å²) in [6, 6.07) is 23.6. The Morgan fingerprint density at radius 1 is 0.886 bits per heavy atom. The van der Waals surface area contributed by atoms with Crippen molar-refractivity contribution in [3.8, 4) is 16.9 Å². The number of benzene rings is 3. The van der Waals surface area contributed by atoms with Crippen molar-refractivity contribution in [1.29, 1.82) is 0 Å². The fourth-order valence-corrected chi connectivity index (χ4v) is 6.25. The molecule has 0 saturated heterocycles. The van der Waals surface area contributed by atoms with E-state index in [-0.39, 0.29) is 11.1 Å². The van der Waals surface area contributed by atoms with Gasteiger partial charge in [0.1, 0.15) is 0 Å². The van der Waals surface area contributed by atoms with Crippen molar-refractivity contribution in [2.75, 3.05) is 14.2 Å². The molecule has 0 aliphatic carbocycles. The molecule has 10 heteroatoms. The molecule has 0 radical (unpaired) electrons. The van der Waals surface area contributed by atoms with Crippen molar-refractivity contribution in [2.45, 2.75) is 19.9 Å². The van der Waals surface area contributed by atoms with Crippen LogP contribution in [0.5, 0.6) is 0 Å². The smallest absolute Gasteiger partial charge is 0.338 e. The Morgan fingerprint density at radius 3 is 2.23 bits per heavy atom. The number of hydrogen-bond acceptors (Lipinski definition) is 8. The number of methoxy groups -OCH3 is 2. The van der Waals surface area contributed by atoms with Gasteiger partial charge in [-0.1, -0.05) is 71.5 Å². The van der Waals surface area contributed by atoms with Gasteiger partial charge in [-0.3, -0.25) is 9.36 Å². The standard InChI is InChI=1S/C34H28N4O5S/c1-20-10-12-22(13-11-20)29-25(19-37(36-29)26-8-6-5-7-9-26)18-27-31(39)38-30(23-14-16-24(17-15-23)32(40)42-3)28(33(41)43-4)21(2)35-34(38)44-27/h5-19,30H,1-4H3. The predicted molar refractivity (Wildman–Crippen MR) is 167 cm³/mol. The van der Waals surface area contributed by atoms with Gasteiger partial charge in [-0.2, -0.15) is 5.10 Å². The van der Waals surface area contributed by atoms with Crippen LogP contribution in [-0.4, -0.2) is 40.5 Å². The SMILES string of the molecule is COC(=O)C1=C(C)N=c2sc(=Cc3cn(-c4ccccc4)nc3-c3ccc(C)cc3)c(=O)n2C1c1ccc(C(=O)OC)cc1. The molecule has 1 aliphatic rings. The van der Waals surface area contributed by atoms with Gasteiger partial charge in [0.25, 0.3) is 5.56 Å². The van der Waals surface area contributed by atoms with Gasteiger partial charge in [0.2, 0.25) is 0 Å². The first-order chi connectivity index (χ1) is 21.3. The lowest BCUT2D eigenvalue weighted by Gasteiger charge is -2.24. The largest absolute Gasteiger partial charge is 0.466 e. The quantitative estimate of drug-likeness (QED) is 0.267. The molecular weight excluding hydrogens is 576 g/mol. The lowest BCUT2D eigenvalue weighted by molar-refractivity contribution is -0.136. The molecule has 3 heterocycles. The van der Waals surface area contributed by atoms with Gasteiger partial charge < -0.3 is 9.47 Å². The van der Waals surface area contributed by atoms with Crippen LogP contribution >= 0.6 is 11.3 Å². The van der Waals surface area contributed by atoms with E-state index >= 15 is 0 Å². The molecule has 0 spiro atoms. The minimum absolute atomic E-state index is 0.245. The van der Waals surface area contributed by atoms with Crippen molar-refractivity contribution in [2.24, 2.45) is 4.99 Å². The zero-order valence-electron chi connectivity index (χ0n) is 24.5. The van der Waals surface area contributed by atoms with Gasteiger partial charge in [0, 0.05) is 17.3 Å². The highest BCUT2D eigenvalue weighted by atomic mass is 32.1. The molecule has 0 fully saturated rings. The average Bonchev–Trinajstić information content (AvgIpc) is 3.61. The Hall–Kier alpha value is -5.35. The Morgan fingerprint density at radius 2 is 1.57 bits per heavy atom. The Bertz CT molecular complexity index is 2110. The molecule has 9 nitrogen and oxygen atoms in total. The van der Waals surface area contributed by atoms with E-state index in [4.69, 9.17) is 14.6 Å². The third-order valence-electron chi connectivity index (χ3n) is 7.45. The van der Waals surface area contributed by atoms with Crippen LogP contribution in [0.25, 0.3) is 23.0 Å². The number of aromatic nitrogens is 3. The molecule has 3 aromatic carbocycles. The van der Waals surface area contributed by atoms with Gasteiger partial charge in [-0.15, -0.1) is 0 Å². The predicted octanol–water partition coefficient (Wildman–Crippen LogP) is 4.36. The van der Waals surface area contributed by atoms with Crippen LogP contribution in [-0.2, 0) is 14.3 Å². The summed E-state index contributed by atoms with van der Waals surface area (Å²) in [5, 5.41) is 4.89. The molecule has 5 aromatic rings. The molecule has 0 amide bonds. The second-order valence-electron chi connectivity index (χ2n) is 10.3. The van der Waals surface area contributed by atoms with Crippen LogP contribution in [0.2, 0.25) is 0 Å². The van der Waals surface area contributed by atoms with E-state index in [1.54, 1.807) is 35.9 Å².